The van der Waals surface area contributed by atoms with E-state index in [2.05, 4.69) is 25.6 Å². The van der Waals surface area contributed by atoms with Gasteiger partial charge in [-0.25, -0.2) is 9.37 Å². The zero-order valence-corrected chi connectivity index (χ0v) is 13.9. The third-order valence-corrected chi connectivity index (χ3v) is 4.63. The molecule has 2 aromatic rings. The Morgan fingerprint density at radius 1 is 1.24 bits per heavy atom. The maximum Gasteiger partial charge on any atom is 0.257 e. The molecule has 2 aliphatic rings. The summed E-state index contributed by atoms with van der Waals surface area (Å²) >= 11 is 0. The summed E-state index contributed by atoms with van der Waals surface area (Å²) < 4.78 is 21.3. The minimum atomic E-state index is -0.588. The van der Waals surface area contributed by atoms with E-state index >= 15 is 0 Å². The van der Waals surface area contributed by atoms with Gasteiger partial charge in [0.25, 0.3) is 5.91 Å². The molecule has 2 aromatic heterocycles. The van der Waals surface area contributed by atoms with Gasteiger partial charge in [0.2, 0.25) is 0 Å². The molecule has 4 heterocycles. The van der Waals surface area contributed by atoms with E-state index in [9.17, 15) is 9.18 Å². The zero-order valence-electron chi connectivity index (χ0n) is 13.9. The average Bonchev–Trinajstić information content (AvgIpc) is 3.03. The van der Waals surface area contributed by atoms with E-state index in [1.807, 2.05) is 0 Å². The highest BCUT2D eigenvalue weighted by Crippen LogP contribution is 2.18. The van der Waals surface area contributed by atoms with Crippen molar-refractivity contribution in [1.82, 2.24) is 24.3 Å². The Labute approximate surface area is 145 Å². The fourth-order valence-electron chi connectivity index (χ4n) is 3.27. The van der Waals surface area contributed by atoms with Gasteiger partial charge in [0.1, 0.15) is 5.82 Å². The molecule has 25 heavy (non-hydrogen) atoms. The lowest BCUT2D eigenvalue weighted by Crippen LogP contribution is -2.38. The number of fused-ring (bicyclic) bond motifs is 1. The Kier molecular flexibility index (Phi) is 4.46. The molecular weight excluding hydrogens is 325 g/mol. The predicted octanol–water partition coefficient (Wildman–Crippen LogP) is 0.905. The van der Waals surface area contributed by atoms with Crippen molar-refractivity contribution in [1.29, 1.82) is 0 Å². The summed E-state index contributed by atoms with van der Waals surface area (Å²) in [6.45, 7) is 5.73. The maximum atomic E-state index is 13.8. The first-order chi connectivity index (χ1) is 12.2. The lowest BCUT2D eigenvalue weighted by molar-refractivity contribution is 0.0337. The first-order valence-corrected chi connectivity index (χ1v) is 8.44. The van der Waals surface area contributed by atoms with Crippen molar-refractivity contribution in [3.63, 3.8) is 0 Å². The number of ether oxygens (including phenoxy) is 1. The normalized spacial score (nSPS) is 18.2. The van der Waals surface area contributed by atoms with Gasteiger partial charge in [-0.05, 0) is 6.07 Å². The van der Waals surface area contributed by atoms with Gasteiger partial charge in [-0.3, -0.25) is 14.7 Å². The van der Waals surface area contributed by atoms with Crippen LogP contribution in [0.3, 0.4) is 0 Å². The molecule has 0 unspecified atom stereocenters. The van der Waals surface area contributed by atoms with Crippen LogP contribution in [0, 0.1) is 5.82 Å². The van der Waals surface area contributed by atoms with Crippen molar-refractivity contribution in [3.8, 4) is 0 Å². The first-order valence-electron chi connectivity index (χ1n) is 8.44. The number of morpholine rings is 1. The van der Waals surface area contributed by atoms with Crippen molar-refractivity contribution >= 4 is 5.91 Å². The molecular formula is C17H20FN5O2. The SMILES string of the molecule is O=C(c1ccncc1F)N1CCn2cc(CN3CCOCC3)nc2C1. The molecule has 0 radical (unpaired) electrons. The highest BCUT2D eigenvalue weighted by Gasteiger charge is 2.25. The molecule has 132 valence electrons. The van der Waals surface area contributed by atoms with E-state index in [-0.39, 0.29) is 11.5 Å². The number of amides is 1. The number of carbonyl (C=O) groups is 1. The summed E-state index contributed by atoms with van der Waals surface area (Å²) in [4.78, 5) is 24.9. The van der Waals surface area contributed by atoms with Crippen molar-refractivity contribution in [3.05, 3.63) is 47.6 Å². The third-order valence-electron chi connectivity index (χ3n) is 4.63. The predicted molar refractivity (Wildman–Crippen MR) is 87.3 cm³/mol. The third kappa shape index (κ3) is 3.40. The van der Waals surface area contributed by atoms with E-state index in [0.717, 1.165) is 50.6 Å². The summed E-state index contributed by atoms with van der Waals surface area (Å²) in [5.74, 6) is -0.0596. The Balaban J connectivity index is 1.46. The number of carbonyl (C=O) groups excluding carboxylic acids is 1. The summed E-state index contributed by atoms with van der Waals surface area (Å²) in [6.07, 6.45) is 4.56. The summed E-state index contributed by atoms with van der Waals surface area (Å²) in [6, 6.07) is 1.42. The molecule has 7 nitrogen and oxygen atoms in total. The summed E-state index contributed by atoms with van der Waals surface area (Å²) in [7, 11) is 0. The lowest BCUT2D eigenvalue weighted by Gasteiger charge is -2.27. The molecule has 0 saturated carbocycles. The largest absolute Gasteiger partial charge is 0.379 e. The quantitative estimate of drug-likeness (QED) is 0.827. The van der Waals surface area contributed by atoms with Crippen LogP contribution >= 0.6 is 0 Å². The van der Waals surface area contributed by atoms with Crippen LogP contribution in [0.15, 0.2) is 24.7 Å². The minimum absolute atomic E-state index is 0.0588. The van der Waals surface area contributed by atoms with E-state index < -0.39 is 5.82 Å². The molecule has 0 aliphatic carbocycles. The number of halogens is 1. The van der Waals surface area contributed by atoms with Crippen molar-refractivity contribution in [2.24, 2.45) is 0 Å². The second-order valence-corrected chi connectivity index (χ2v) is 6.31. The number of imidazole rings is 1. The Morgan fingerprint density at radius 3 is 2.88 bits per heavy atom. The number of hydrogen-bond acceptors (Lipinski definition) is 5. The second kappa shape index (κ2) is 6.89. The van der Waals surface area contributed by atoms with E-state index in [1.165, 1.54) is 12.3 Å². The minimum Gasteiger partial charge on any atom is -0.379 e. The van der Waals surface area contributed by atoms with Gasteiger partial charge in [-0.1, -0.05) is 0 Å². The van der Waals surface area contributed by atoms with Crippen molar-refractivity contribution < 1.29 is 13.9 Å². The maximum absolute atomic E-state index is 13.8. The van der Waals surface area contributed by atoms with Gasteiger partial charge in [-0.2, -0.15) is 0 Å². The van der Waals surface area contributed by atoms with Crippen LogP contribution in [0.25, 0.3) is 0 Å². The number of aromatic nitrogens is 3. The van der Waals surface area contributed by atoms with Crippen LogP contribution in [0.2, 0.25) is 0 Å². The molecule has 0 spiro atoms. The van der Waals surface area contributed by atoms with Gasteiger partial charge in [0.15, 0.2) is 5.82 Å². The van der Waals surface area contributed by atoms with E-state index in [0.29, 0.717) is 19.6 Å². The van der Waals surface area contributed by atoms with Crippen LogP contribution in [-0.2, 0) is 24.4 Å². The first kappa shape index (κ1) is 16.2. The van der Waals surface area contributed by atoms with Crippen LogP contribution in [0.4, 0.5) is 4.39 Å². The monoisotopic (exact) mass is 345 g/mol. The highest BCUT2D eigenvalue weighted by atomic mass is 19.1. The van der Waals surface area contributed by atoms with Gasteiger partial charge in [0, 0.05) is 45.1 Å². The number of nitrogens with zero attached hydrogens (tertiary/aromatic N) is 5. The van der Waals surface area contributed by atoms with Gasteiger partial charge < -0.3 is 14.2 Å². The standard InChI is InChI=1S/C17H20FN5O2/c18-15-9-19-2-1-14(15)17(24)23-4-3-22-11-13(20-16(22)12-23)10-21-5-7-25-8-6-21/h1-2,9,11H,3-8,10,12H2. The molecule has 0 atom stereocenters. The molecule has 1 fully saturated rings. The molecule has 1 amide bonds. The Morgan fingerprint density at radius 2 is 2.08 bits per heavy atom. The van der Waals surface area contributed by atoms with E-state index in [4.69, 9.17) is 4.74 Å². The number of hydrogen-bond donors (Lipinski definition) is 0. The van der Waals surface area contributed by atoms with Crippen LogP contribution < -0.4 is 0 Å². The van der Waals surface area contributed by atoms with E-state index in [1.54, 1.807) is 4.90 Å². The molecule has 0 aromatic carbocycles. The van der Waals surface area contributed by atoms with Crippen molar-refractivity contribution in [2.45, 2.75) is 19.6 Å². The summed E-state index contributed by atoms with van der Waals surface area (Å²) in [5, 5.41) is 0. The second-order valence-electron chi connectivity index (χ2n) is 6.31. The molecule has 4 rings (SSSR count). The number of pyridine rings is 1. The van der Waals surface area contributed by atoms with Crippen LogP contribution in [0.1, 0.15) is 21.9 Å². The van der Waals surface area contributed by atoms with Crippen LogP contribution in [0.5, 0.6) is 0 Å². The molecule has 0 bridgehead atoms. The Bertz CT molecular complexity index is 772. The average molecular weight is 345 g/mol. The van der Waals surface area contributed by atoms with Crippen molar-refractivity contribution in [2.75, 3.05) is 32.8 Å². The number of rotatable bonds is 3. The van der Waals surface area contributed by atoms with Gasteiger partial charge in [0.05, 0.1) is 37.2 Å². The fraction of sp³-hybridized carbons (Fsp3) is 0.471. The Hall–Kier alpha value is -2.32. The molecule has 8 heteroatoms. The smallest absolute Gasteiger partial charge is 0.257 e. The zero-order chi connectivity index (χ0) is 17.2. The summed E-state index contributed by atoms with van der Waals surface area (Å²) in [5.41, 5.74) is 1.06. The topological polar surface area (TPSA) is 63.5 Å². The van der Waals surface area contributed by atoms with Gasteiger partial charge in [-0.15, -0.1) is 0 Å². The van der Waals surface area contributed by atoms with Gasteiger partial charge >= 0.3 is 0 Å². The molecule has 1 saturated heterocycles. The highest BCUT2D eigenvalue weighted by molar-refractivity contribution is 5.94. The fourth-order valence-corrected chi connectivity index (χ4v) is 3.27. The van der Waals surface area contributed by atoms with Crippen LogP contribution in [-0.4, -0.2) is 63.1 Å². The molecule has 2 aliphatic heterocycles. The molecule has 0 N–H and O–H groups in total. The lowest BCUT2D eigenvalue weighted by atomic mass is 10.2.